The van der Waals surface area contributed by atoms with E-state index in [2.05, 4.69) is 0 Å². The molecule has 2 rings (SSSR count). The molecule has 1 N–H and O–H groups in total. The Morgan fingerprint density at radius 2 is 2.11 bits per heavy atom. The van der Waals surface area contributed by atoms with Gasteiger partial charge in [-0.2, -0.15) is 4.31 Å². The minimum atomic E-state index is -3.77. The molecular formula is C11H14ClNO4S2. The van der Waals surface area contributed by atoms with Crippen molar-refractivity contribution in [2.75, 3.05) is 6.54 Å². The van der Waals surface area contributed by atoms with Crippen molar-refractivity contribution in [3.8, 4) is 0 Å². The van der Waals surface area contributed by atoms with Gasteiger partial charge in [0.25, 0.3) is 10.0 Å². The molecule has 1 fully saturated rings. The molecule has 8 heteroatoms. The summed E-state index contributed by atoms with van der Waals surface area (Å²) in [6.45, 7) is 0.245. The van der Waals surface area contributed by atoms with Gasteiger partial charge in [-0.1, -0.05) is 24.4 Å². The summed E-state index contributed by atoms with van der Waals surface area (Å²) in [5.41, 5.74) is 0. The van der Waals surface area contributed by atoms with Gasteiger partial charge in [-0.15, -0.1) is 11.3 Å². The predicted molar refractivity (Wildman–Crippen MR) is 73.1 cm³/mol. The van der Waals surface area contributed by atoms with Crippen LogP contribution < -0.4 is 0 Å². The van der Waals surface area contributed by atoms with Gasteiger partial charge in [0, 0.05) is 6.54 Å². The first kappa shape index (κ1) is 14.8. The fourth-order valence-electron chi connectivity index (χ4n) is 2.17. The van der Waals surface area contributed by atoms with Crippen molar-refractivity contribution in [1.82, 2.24) is 4.31 Å². The number of nitrogens with zero attached hydrogens (tertiary/aromatic N) is 1. The van der Waals surface area contributed by atoms with E-state index < -0.39 is 22.0 Å². The molecule has 5 nitrogen and oxygen atoms in total. The van der Waals surface area contributed by atoms with Crippen LogP contribution in [0.4, 0.5) is 0 Å². The number of halogens is 1. The van der Waals surface area contributed by atoms with Crippen LogP contribution in [0.5, 0.6) is 0 Å². The van der Waals surface area contributed by atoms with Gasteiger partial charge >= 0.3 is 5.97 Å². The van der Waals surface area contributed by atoms with Gasteiger partial charge in [0.2, 0.25) is 0 Å². The Bertz CT molecular complexity index is 569. The summed E-state index contributed by atoms with van der Waals surface area (Å²) in [6, 6.07) is 1.95. The Kier molecular flexibility index (Phi) is 4.50. The van der Waals surface area contributed by atoms with Crippen molar-refractivity contribution >= 4 is 38.9 Å². The number of aliphatic carboxylic acids is 1. The lowest BCUT2D eigenvalue weighted by atomic mass is 10.1. The fraction of sp³-hybridized carbons (Fsp3) is 0.545. The number of carboxylic acid groups (broad SMARTS) is 1. The molecule has 0 aliphatic carbocycles. The van der Waals surface area contributed by atoms with Crippen molar-refractivity contribution in [2.45, 2.75) is 35.9 Å². The standard InChI is InChI=1S/C11H14ClNO4S2/c12-9-5-6-10(18-9)19(16,17)13-7-3-1-2-4-8(13)11(14)15/h5-6,8H,1-4,7H2,(H,14,15). The second-order valence-electron chi connectivity index (χ2n) is 4.38. The molecule has 19 heavy (non-hydrogen) atoms. The zero-order valence-corrected chi connectivity index (χ0v) is 12.5. The third kappa shape index (κ3) is 3.10. The van der Waals surface area contributed by atoms with Crippen LogP contribution in [0.25, 0.3) is 0 Å². The quantitative estimate of drug-likeness (QED) is 0.927. The van der Waals surface area contributed by atoms with Gasteiger partial charge in [0.05, 0.1) is 4.34 Å². The number of carbonyl (C=O) groups is 1. The fourth-order valence-corrected chi connectivity index (χ4v) is 5.43. The molecule has 0 bridgehead atoms. The number of sulfonamides is 1. The van der Waals surface area contributed by atoms with E-state index in [1.165, 1.54) is 12.1 Å². The average molecular weight is 324 g/mol. The van der Waals surface area contributed by atoms with Crippen LogP contribution in [0.15, 0.2) is 16.3 Å². The van der Waals surface area contributed by atoms with E-state index in [1.807, 2.05) is 0 Å². The van der Waals surface area contributed by atoms with Crippen molar-refractivity contribution in [2.24, 2.45) is 0 Å². The zero-order chi connectivity index (χ0) is 14.0. The first-order valence-electron chi connectivity index (χ1n) is 5.93. The number of thiophene rings is 1. The molecule has 1 saturated heterocycles. The smallest absolute Gasteiger partial charge is 0.322 e. The summed E-state index contributed by atoms with van der Waals surface area (Å²) >= 11 is 6.71. The molecule has 1 aromatic rings. The summed E-state index contributed by atoms with van der Waals surface area (Å²) in [4.78, 5) is 11.3. The Labute approximate surface area is 120 Å². The number of rotatable bonds is 3. The minimum Gasteiger partial charge on any atom is -0.480 e. The van der Waals surface area contributed by atoms with Crippen LogP contribution in [-0.2, 0) is 14.8 Å². The number of carboxylic acids is 1. The molecular weight excluding hydrogens is 310 g/mol. The molecule has 0 amide bonds. The summed E-state index contributed by atoms with van der Waals surface area (Å²) in [7, 11) is -3.77. The maximum Gasteiger partial charge on any atom is 0.322 e. The zero-order valence-electron chi connectivity index (χ0n) is 10.1. The molecule has 1 aliphatic rings. The topological polar surface area (TPSA) is 74.7 Å². The molecule has 2 heterocycles. The lowest BCUT2D eigenvalue weighted by Crippen LogP contribution is -2.44. The van der Waals surface area contributed by atoms with E-state index in [0.29, 0.717) is 17.2 Å². The molecule has 1 aliphatic heterocycles. The lowest BCUT2D eigenvalue weighted by molar-refractivity contribution is -0.141. The third-order valence-corrected chi connectivity index (χ3v) is 6.71. The van der Waals surface area contributed by atoms with Crippen molar-refractivity contribution in [3.63, 3.8) is 0 Å². The number of hydrogen-bond acceptors (Lipinski definition) is 4. The second kappa shape index (κ2) is 5.78. The van der Waals surface area contributed by atoms with E-state index in [0.717, 1.165) is 28.5 Å². The normalized spacial score (nSPS) is 22.1. The van der Waals surface area contributed by atoms with Crippen molar-refractivity contribution in [3.05, 3.63) is 16.5 Å². The molecule has 0 saturated carbocycles. The second-order valence-corrected chi connectivity index (χ2v) is 8.21. The highest BCUT2D eigenvalue weighted by Crippen LogP contribution is 2.31. The van der Waals surface area contributed by atoms with E-state index in [1.54, 1.807) is 0 Å². The van der Waals surface area contributed by atoms with E-state index in [9.17, 15) is 18.3 Å². The SMILES string of the molecule is O=C(O)C1CCCCCN1S(=O)(=O)c1ccc(Cl)s1. The highest BCUT2D eigenvalue weighted by molar-refractivity contribution is 7.91. The van der Waals surface area contributed by atoms with Crippen LogP contribution in [0.3, 0.4) is 0 Å². The Morgan fingerprint density at radius 1 is 1.37 bits per heavy atom. The molecule has 1 unspecified atom stereocenters. The van der Waals surface area contributed by atoms with Crippen LogP contribution in [0, 0.1) is 0 Å². The molecule has 1 atom stereocenters. The van der Waals surface area contributed by atoms with Crippen LogP contribution in [0.2, 0.25) is 4.34 Å². The maximum absolute atomic E-state index is 12.5. The van der Waals surface area contributed by atoms with Crippen molar-refractivity contribution in [1.29, 1.82) is 0 Å². The van der Waals surface area contributed by atoms with Gasteiger partial charge in [-0.25, -0.2) is 8.42 Å². The van der Waals surface area contributed by atoms with Gasteiger partial charge in [0.1, 0.15) is 10.3 Å². The average Bonchev–Trinajstić information content (AvgIpc) is 2.64. The maximum atomic E-state index is 12.5. The summed E-state index contributed by atoms with van der Waals surface area (Å²) in [5, 5.41) is 9.22. The van der Waals surface area contributed by atoms with Crippen LogP contribution in [0.1, 0.15) is 25.7 Å². The molecule has 0 radical (unpaired) electrons. The highest BCUT2D eigenvalue weighted by Gasteiger charge is 2.37. The number of hydrogen-bond donors (Lipinski definition) is 1. The van der Waals surface area contributed by atoms with E-state index in [4.69, 9.17) is 11.6 Å². The molecule has 1 aromatic heterocycles. The van der Waals surface area contributed by atoms with Gasteiger partial charge in [-0.3, -0.25) is 4.79 Å². The first-order chi connectivity index (χ1) is 8.93. The van der Waals surface area contributed by atoms with E-state index in [-0.39, 0.29) is 10.8 Å². The lowest BCUT2D eigenvalue weighted by Gasteiger charge is -2.25. The van der Waals surface area contributed by atoms with E-state index >= 15 is 0 Å². The Morgan fingerprint density at radius 3 is 2.68 bits per heavy atom. The molecule has 0 aromatic carbocycles. The molecule has 106 valence electrons. The van der Waals surface area contributed by atoms with Gasteiger partial charge in [0.15, 0.2) is 0 Å². The van der Waals surface area contributed by atoms with Crippen molar-refractivity contribution < 1.29 is 18.3 Å². The minimum absolute atomic E-state index is 0.102. The Balaban J connectivity index is 2.38. The third-order valence-electron chi connectivity index (χ3n) is 3.10. The first-order valence-corrected chi connectivity index (χ1v) is 8.56. The molecule has 0 spiro atoms. The summed E-state index contributed by atoms with van der Waals surface area (Å²) < 4.78 is 26.5. The summed E-state index contributed by atoms with van der Waals surface area (Å²) in [6.07, 6.45) is 2.62. The van der Waals surface area contributed by atoms with Crippen LogP contribution in [-0.4, -0.2) is 36.4 Å². The predicted octanol–water partition coefficient (Wildman–Crippen LogP) is 2.42. The highest BCUT2D eigenvalue weighted by atomic mass is 35.5. The van der Waals surface area contributed by atoms with Crippen LogP contribution >= 0.6 is 22.9 Å². The largest absolute Gasteiger partial charge is 0.480 e. The Hall–Kier alpha value is -0.630. The monoisotopic (exact) mass is 323 g/mol. The van der Waals surface area contributed by atoms with Gasteiger partial charge in [-0.05, 0) is 25.0 Å². The summed E-state index contributed by atoms with van der Waals surface area (Å²) in [5.74, 6) is -1.09. The van der Waals surface area contributed by atoms with Gasteiger partial charge < -0.3 is 5.11 Å².